The summed E-state index contributed by atoms with van der Waals surface area (Å²) in [5.74, 6) is 1.84. The van der Waals surface area contributed by atoms with E-state index in [1.54, 1.807) is 37.1 Å². The van der Waals surface area contributed by atoms with Crippen molar-refractivity contribution in [3.8, 4) is 11.5 Å². The molecule has 0 aliphatic rings. The van der Waals surface area contributed by atoms with Gasteiger partial charge in [-0.3, -0.25) is 4.79 Å². The lowest BCUT2D eigenvalue weighted by Crippen LogP contribution is -2.26. The highest BCUT2D eigenvalue weighted by molar-refractivity contribution is 7.99. The number of hydrogen-bond acceptors (Lipinski definition) is 4. The predicted molar refractivity (Wildman–Crippen MR) is 89.0 cm³/mol. The summed E-state index contributed by atoms with van der Waals surface area (Å²) in [6, 6.07) is 15.3. The summed E-state index contributed by atoms with van der Waals surface area (Å²) < 4.78 is 10.4. The lowest BCUT2D eigenvalue weighted by molar-refractivity contribution is 0.0953. The number of methoxy groups -OCH3 is 2. The van der Waals surface area contributed by atoms with Gasteiger partial charge in [-0.05, 0) is 24.3 Å². The van der Waals surface area contributed by atoms with Crippen LogP contribution in [-0.4, -0.2) is 32.4 Å². The molecule has 0 spiro atoms. The quantitative estimate of drug-likeness (QED) is 0.629. The number of amides is 1. The fourth-order valence-electron chi connectivity index (χ4n) is 1.93. The van der Waals surface area contributed by atoms with E-state index < -0.39 is 0 Å². The topological polar surface area (TPSA) is 47.6 Å². The zero-order valence-electron chi connectivity index (χ0n) is 12.7. The van der Waals surface area contributed by atoms with E-state index in [2.05, 4.69) is 17.4 Å². The van der Waals surface area contributed by atoms with Crippen molar-refractivity contribution in [1.29, 1.82) is 0 Å². The first-order valence-corrected chi connectivity index (χ1v) is 7.91. The molecule has 22 heavy (non-hydrogen) atoms. The first-order chi connectivity index (χ1) is 10.7. The van der Waals surface area contributed by atoms with Crippen molar-refractivity contribution in [2.45, 2.75) is 4.90 Å². The minimum atomic E-state index is -0.145. The van der Waals surface area contributed by atoms with Gasteiger partial charge in [-0.2, -0.15) is 0 Å². The van der Waals surface area contributed by atoms with Crippen molar-refractivity contribution in [3.63, 3.8) is 0 Å². The van der Waals surface area contributed by atoms with Crippen LogP contribution in [0.3, 0.4) is 0 Å². The lowest BCUT2D eigenvalue weighted by atomic mass is 10.2. The number of rotatable bonds is 7. The zero-order chi connectivity index (χ0) is 15.8. The Hall–Kier alpha value is -2.14. The Morgan fingerprint density at radius 3 is 2.55 bits per heavy atom. The van der Waals surface area contributed by atoms with E-state index in [0.29, 0.717) is 23.6 Å². The normalized spacial score (nSPS) is 10.1. The highest BCUT2D eigenvalue weighted by atomic mass is 32.2. The molecular weight excluding hydrogens is 298 g/mol. The van der Waals surface area contributed by atoms with Crippen LogP contribution >= 0.6 is 11.8 Å². The number of hydrogen-bond donors (Lipinski definition) is 1. The van der Waals surface area contributed by atoms with E-state index in [1.165, 1.54) is 12.0 Å². The van der Waals surface area contributed by atoms with Crippen molar-refractivity contribution in [3.05, 3.63) is 54.1 Å². The van der Waals surface area contributed by atoms with Crippen LogP contribution in [-0.2, 0) is 0 Å². The number of ether oxygens (including phenoxy) is 2. The third-order valence-corrected chi connectivity index (χ3v) is 4.07. The Labute approximate surface area is 134 Å². The van der Waals surface area contributed by atoms with E-state index in [9.17, 15) is 4.79 Å². The molecule has 0 heterocycles. The average Bonchev–Trinajstić information content (AvgIpc) is 2.58. The van der Waals surface area contributed by atoms with Gasteiger partial charge in [0.1, 0.15) is 11.5 Å². The maximum absolute atomic E-state index is 12.2. The molecule has 1 N–H and O–H groups in total. The van der Waals surface area contributed by atoms with E-state index >= 15 is 0 Å². The number of nitrogens with one attached hydrogen (secondary N) is 1. The molecule has 0 aromatic heterocycles. The van der Waals surface area contributed by atoms with Crippen LogP contribution in [0.15, 0.2) is 53.4 Å². The monoisotopic (exact) mass is 317 g/mol. The van der Waals surface area contributed by atoms with Gasteiger partial charge >= 0.3 is 0 Å². The molecule has 0 saturated carbocycles. The molecule has 0 aliphatic heterocycles. The second-order valence-electron chi connectivity index (χ2n) is 4.48. The van der Waals surface area contributed by atoms with Gasteiger partial charge in [-0.1, -0.05) is 18.2 Å². The molecule has 0 aliphatic carbocycles. The highest BCUT2D eigenvalue weighted by Gasteiger charge is 2.12. The fraction of sp³-hybridized carbons (Fsp3) is 0.235. The van der Waals surface area contributed by atoms with Crippen LogP contribution in [0.1, 0.15) is 10.4 Å². The smallest absolute Gasteiger partial charge is 0.255 e. The van der Waals surface area contributed by atoms with Crippen LogP contribution < -0.4 is 14.8 Å². The molecule has 0 saturated heterocycles. The molecule has 2 aromatic rings. The second kappa shape index (κ2) is 8.34. The summed E-state index contributed by atoms with van der Waals surface area (Å²) in [7, 11) is 3.12. The van der Waals surface area contributed by atoms with Gasteiger partial charge in [0.2, 0.25) is 0 Å². The number of carbonyl (C=O) groups excluding carboxylic acids is 1. The minimum absolute atomic E-state index is 0.145. The summed E-state index contributed by atoms with van der Waals surface area (Å²) in [5, 5.41) is 2.90. The predicted octanol–water partition coefficient (Wildman–Crippen LogP) is 3.23. The second-order valence-corrected chi connectivity index (χ2v) is 5.65. The van der Waals surface area contributed by atoms with Gasteiger partial charge in [0.25, 0.3) is 5.91 Å². The van der Waals surface area contributed by atoms with E-state index in [-0.39, 0.29) is 5.91 Å². The highest BCUT2D eigenvalue weighted by Crippen LogP contribution is 2.24. The molecule has 0 unspecified atom stereocenters. The lowest BCUT2D eigenvalue weighted by Gasteiger charge is -2.10. The van der Waals surface area contributed by atoms with E-state index in [4.69, 9.17) is 9.47 Å². The molecule has 4 nitrogen and oxygen atoms in total. The molecule has 0 atom stereocenters. The van der Waals surface area contributed by atoms with Gasteiger partial charge in [0.15, 0.2) is 0 Å². The van der Waals surface area contributed by atoms with Crippen LogP contribution in [0, 0.1) is 0 Å². The van der Waals surface area contributed by atoms with Crippen LogP contribution in [0.2, 0.25) is 0 Å². The molecule has 0 fully saturated rings. The Balaban J connectivity index is 1.87. The Bertz CT molecular complexity index is 617. The molecule has 2 aromatic carbocycles. The van der Waals surface area contributed by atoms with Crippen LogP contribution in [0.4, 0.5) is 0 Å². The van der Waals surface area contributed by atoms with Crippen molar-refractivity contribution >= 4 is 17.7 Å². The van der Waals surface area contributed by atoms with Crippen molar-refractivity contribution < 1.29 is 14.3 Å². The van der Waals surface area contributed by atoms with Gasteiger partial charge < -0.3 is 14.8 Å². The first kappa shape index (κ1) is 16.2. The van der Waals surface area contributed by atoms with Gasteiger partial charge in [-0.15, -0.1) is 11.8 Å². The van der Waals surface area contributed by atoms with E-state index in [1.807, 2.05) is 18.2 Å². The summed E-state index contributed by atoms with van der Waals surface area (Å²) in [4.78, 5) is 13.4. The SMILES string of the molecule is COc1ccc(C(=O)NCCSc2ccccc2)c(OC)c1. The maximum atomic E-state index is 12.2. The van der Waals surface area contributed by atoms with E-state index in [0.717, 1.165) is 5.75 Å². The number of carbonyl (C=O) groups is 1. The molecule has 0 radical (unpaired) electrons. The van der Waals surface area contributed by atoms with Gasteiger partial charge in [-0.25, -0.2) is 0 Å². The molecular formula is C17H19NO3S. The third-order valence-electron chi connectivity index (χ3n) is 3.05. The molecule has 2 rings (SSSR count). The molecule has 1 amide bonds. The van der Waals surface area contributed by atoms with Crippen LogP contribution in [0.25, 0.3) is 0 Å². The summed E-state index contributed by atoms with van der Waals surface area (Å²) in [6.45, 7) is 0.591. The summed E-state index contributed by atoms with van der Waals surface area (Å²) in [6.07, 6.45) is 0. The first-order valence-electron chi connectivity index (χ1n) is 6.92. The Kier molecular flexibility index (Phi) is 6.15. The van der Waals surface area contributed by atoms with Gasteiger partial charge in [0, 0.05) is 23.3 Å². The summed E-state index contributed by atoms with van der Waals surface area (Å²) in [5.41, 5.74) is 0.507. The fourth-order valence-corrected chi connectivity index (χ4v) is 2.72. The molecule has 116 valence electrons. The van der Waals surface area contributed by atoms with Gasteiger partial charge in [0.05, 0.1) is 19.8 Å². The van der Waals surface area contributed by atoms with Crippen molar-refractivity contribution in [2.24, 2.45) is 0 Å². The number of thioether (sulfide) groups is 1. The maximum Gasteiger partial charge on any atom is 0.255 e. The largest absolute Gasteiger partial charge is 0.497 e. The molecule has 0 bridgehead atoms. The Morgan fingerprint density at radius 1 is 1.09 bits per heavy atom. The third kappa shape index (κ3) is 4.43. The average molecular weight is 317 g/mol. The molecule has 5 heteroatoms. The zero-order valence-corrected chi connectivity index (χ0v) is 13.5. The standard InChI is InChI=1S/C17H19NO3S/c1-20-13-8-9-15(16(12-13)21-2)17(19)18-10-11-22-14-6-4-3-5-7-14/h3-9,12H,10-11H2,1-2H3,(H,18,19). The van der Waals surface area contributed by atoms with Crippen molar-refractivity contribution in [1.82, 2.24) is 5.32 Å². The Morgan fingerprint density at radius 2 is 1.86 bits per heavy atom. The minimum Gasteiger partial charge on any atom is -0.497 e. The summed E-state index contributed by atoms with van der Waals surface area (Å²) >= 11 is 1.71. The van der Waals surface area contributed by atoms with Crippen LogP contribution in [0.5, 0.6) is 11.5 Å². The number of benzene rings is 2. The van der Waals surface area contributed by atoms with Crippen molar-refractivity contribution in [2.75, 3.05) is 26.5 Å².